The maximum absolute atomic E-state index is 12.7. The molecule has 11 nitrogen and oxygen atoms in total. The van der Waals surface area contributed by atoms with Crippen molar-refractivity contribution in [2.24, 2.45) is 0 Å². The number of carbonyl (C=O) groups is 2. The summed E-state index contributed by atoms with van der Waals surface area (Å²) in [7, 11) is 1.34. The Balaban J connectivity index is 4.62. The fraction of sp³-hybridized carbons (Fsp3) is 0.667. The van der Waals surface area contributed by atoms with Crippen LogP contribution in [0.4, 0.5) is 0 Å². The lowest BCUT2D eigenvalue weighted by molar-refractivity contribution is -0.870. The molecule has 0 heterocycles. The predicted molar refractivity (Wildman–Crippen MR) is 245 cm³/mol. The summed E-state index contributed by atoms with van der Waals surface area (Å²) in [6, 6.07) is 0. The molecule has 60 heavy (non-hydrogen) atoms. The van der Waals surface area contributed by atoms with Gasteiger partial charge in [0, 0.05) is 12.8 Å². The fourth-order valence-corrected chi connectivity index (χ4v) is 6.24. The maximum atomic E-state index is 12.7. The molecule has 0 aliphatic heterocycles. The highest BCUT2D eigenvalue weighted by Gasteiger charge is 2.27. The van der Waals surface area contributed by atoms with Crippen LogP contribution >= 0.6 is 7.82 Å². The van der Waals surface area contributed by atoms with Crippen molar-refractivity contribution in [3.63, 3.8) is 0 Å². The quantitative estimate of drug-likeness (QED) is 0.0136. The number of likely N-dealkylation sites (N-methyl/N-ethyl adjacent to an activating group) is 1. The molecule has 0 aromatic rings. The summed E-state index contributed by atoms with van der Waals surface area (Å²) in [4.78, 5) is 35.4. The van der Waals surface area contributed by atoms with E-state index in [0.29, 0.717) is 43.1 Å². The average molecular weight is 865 g/mol. The minimum absolute atomic E-state index is 0.00751. The molecule has 0 fully saturated rings. The molecular weight excluding hydrogens is 781 g/mol. The van der Waals surface area contributed by atoms with Crippen molar-refractivity contribution < 1.29 is 52.3 Å². The van der Waals surface area contributed by atoms with Crippen molar-refractivity contribution in [1.82, 2.24) is 0 Å². The summed E-state index contributed by atoms with van der Waals surface area (Å²) in [5.41, 5.74) is 0. The van der Waals surface area contributed by atoms with Crippen LogP contribution in [0, 0.1) is 0 Å². The summed E-state index contributed by atoms with van der Waals surface area (Å²) in [5.74, 6) is -0.983. The summed E-state index contributed by atoms with van der Waals surface area (Å²) in [6.45, 7) is 3.99. The van der Waals surface area contributed by atoms with Crippen molar-refractivity contribution >= 4 is 19.8 Å². The third-order valence-electron chi connectivity index (χ3n) is 9.09. The first-order valence-electron chi connectivity index (χ1n) is 22.5. The molecule has 0 aliphatic rings. The van der Waals surface area contributed by atoms with Crippen LogP contribution in [0.2, 0.25) is 0 Å². The van der Waals surface area contributed by atoms with Crippen molar-refractivity contribution in [2.75, 3.05) is 47.5 Å². The van der Waals surface area contributed by atoms with Gasteiger partial charge in [-0.1, -0.05) is 150 Å². The Morgan fingerprint density at radius 1 is 0.617 bits per heavy atom. The number of esters is 2. The van der Waals surface area contributed by atoms with E-state index < -0.39 is 44.7 Å². The molecular formula is C48H83NO10P+. The standard InChI is InChI=1S/C48H82NO10P/c1-6-8-10-11-12-13-14-15-16-17-18-19-20-24-32-38-47(52)56-42-46(43-58-60(54,55)57-41-40-49(3,4)5)59-48(53)39-33-25-22-21-23-29-35-45(51)37-31-27-26-30-36-44(50)34-28-9-7-2/h9,15-16,22-23,25-31,36-37,44-46,50-51H,6-8,10-14,17-21,24,32-35,38-43H2,1-5H3/p+1/b16-15-,25-22-,27-26-,28-9-,29-23-,36-30+,37-31+/t44-,45+,46+/m0/s1. The average Bonchev–Trinajstić information content (AvgIpc) is 3.19. The van der Waals surface area contributed by atoms with Gasteiger partial charge in [-0.25, -0.2) is 4.57 Å². The van der Waals surface area contributed by atoms with Crippen molar-refractivity contribution in [3.05, 3.63) is 85.1 Å². The smallest absolute Gasteiger partial charge is 0.462 e. The van der Waals surface area contributed by atoms with Gasteiger partial charge in [0.25, 0.3) is 0 Å². The molecule has 344 valence electrons. The molecule has 0 bridgehead atoms. The summed E-state index contributed by atoms with van der Waals surface area (Å²) >= 11 is 0. The van der Waals surface area contributed by atoms with E-state index in [0.717, 1.165) is 44.9 Å². The molecule has 1 unspecified atom stereocenters. The Kier molecular flexibility index (Phi) is 37.1. The van der Waals surface area contributed by atoms with Gasteiger partial charge in [0.05, 0.1) is 40.0 Å². The molecule has 4 atom stereocenters. The fourth-order valence-electron chi connectivity index (χ4n) is 5.50. The number of hydrogen-bond acceptors (Lipinski definition) is 9. The van der Waals surface area contributed by atoms with Crippen molar-refractivity contribution in [1.29, 1.82) is 0 Å². The third-order valence-corrected chi connectivity index (χ3v) is 10.1. The van der Waals surface area contributed by atoms with Crippen LogP contribution in [-0.2, 0) is 32.7 Å². The molecule has 12 heteroatoms. The number of ether oxygens (including phenoxy) is 2. The van der Waals surface area contributed by atoms with Gasteiger partial charge in [-0.15, -0.1) is 0 Å². The summed E-state index contributed by atoms with van der Waals surface area (Å²) < 4.78 is 34.1. The summed E-state index contributed by atoms with van der Waals surface area (Å²) in [6.07, 6.45) is 42.8. The van der Waals surface area contributed by atoms with E-state index in [2.05, 4.69) is 19.1 Å². The number of nitrogens with zero attached hydrogens (tertiary/aromatic N) is 1. The van der Waals surface area contributed by atoms with E-state index >= 15 is 0 Å². The Morgan fingerprint density at radius 3 is 1.77 bits per heavy atom. The number of phosphoric ester groups is 1. The second-order valence-electron chi connectivity index (χ2n) is 16.1. The normalized spacial score (nSPS) is 15.4. The van der Waals surface area contributed by atoms with Crippen LogP contribution < -0.4 is 0 Å². The minimum Gasteiger partial charge on any atom is -0.462 e. The van der Waals surface area contributed by atoms with E-state index in [9.17, 15) is 29.3 Å². The highest BCUT2D eigenvalue weighted by atomic mass is 31.2. The number of unbranched alkanes of at least 4 members (excludes halogenated alkanes) is 11. The predicted octanol–water partition coefficient (Wildman–Crippen LogP) is 10.7. The lowest BCUT2D eigenvalue weighted by atomic mass is 10.1. The number of aliphatic hydroxyl groups excluding tert-OH is 2. The van der Waals surface area contributed by atoms with E-state index in [1.54, 1.807) is 36.5 Å². The molecule has 0 amide bonds. The largest absolute Gasteiger partial charge is 0.472 e. The molecule has 0 saturated carbocycles. The van der Waals surface area contributed by atoms with Gasteiger partial charge in [-0.2, -0.15) is 0 Å². The number of rotatable bonds is 39. The molecule has 0 aromatic heterocycles. The number of carbonyl (C=O) groups excluding carboxylic acids is 2. The van der Waals surface area contributed by atoms with Gasteiger partial charge >= 0.3 is 19.8 Å². The highest BCUT2D eigenvalue weighted by Crippen LogP contribution is 2.43. The number of aliphatic hydroxyl groups is 2. The monoisotopic (exact) mass is 865 g/mol. The molecule has 0 aliphatic carbocycles. The molecule has 0 saturated heterocycles. The zero-order chi connectivity index (χ0) is 44.6. The van der Waals surface area contributed by atoms with E-state index in [-0.39, 0.29) is 26.1 Å². The number of quaternary nitrogens is 1. The van der Waals surface area contributed by atoms with E-state index in [1.165, 1.54) is 38.5 Å². The lowest BCUT2D eigenvalue weighted by Gasteiger charge is -2.24. The first-order valence-corrected chi connectivity index (χ1v) is 24.0. The summed E-state index contributed by atoms with van der Waals surface area (Å²) in [5, 5.41) is 20.0. The number of phosphoric acid groups is 1. The Morgan fingerprint density at radius 2 is 1.17 bits per heavy atom. The Hall–Kier alpha value is -2.89. The van der Waals surface area contributed by atoms with Crippen LogP contribution in [0.25, 0.3) is 0 Å². The first kappa shape index (κ1) is 57.1. The van der Waals surface area contributed by atoms with Crippen LogP contribution in [0.1, 0.15) is 142 Å². The van der Waals surface area contributed by atoms with Gasteiger partial charge in [-0.05, 0) is 64.2 Å². The van der Waals surface area contributed by atoms with Gasteiger partial charge in [0.2, 0.25) is 0 Å². The molecule has 0 spiro atoms. The molecule has 3 N–H and O–H groups in total. The van der Waals surface area contributed by atoms with Crippen LogP contribution in [-0.4, -0.2) is 97.3 Å². The van der Waals surface area contributed by atoms with Crippen molar-refractivity contribution in [2.45, 2.75) is 161 Å². The van der Waals surface area contributed by atoms with E-state index in [4.69, 9.17) is 18.5 Å². The molecule has 0 aromatic carbocycles. The topological polar surface area (TPSA) is 149 Å². The third kappa shape index (κ3) is 41.8. The highest BCUT2D eigenvalue weighted by molar-refractivity contribution is 7.47. The zero-order valence-electron chi connectivity index (χ0n) is 37.9. The van der Waals surface area contributed by atoms with Crippen LogP contribution in [0.3, 0.4) is 0 Å². The first-order chi connectivity index (χ1) is 28.8. The van der Waals surface area contributed by atoms with Crippen LogP contribution in [0.15, 0.2) is 85.1 Å². The van der Waals surface area contributed by atoms with Gasteiger partial charge < -0.3 is 29.1 Å². The lowest BCUT2D eigenvalue weighted by Crippen LogP contribution is -2.37. The van der Waals surface area contributed by atoms with E-state index in [1.807, 2.05) is 64.5 Å². The van der Waals surface area contributed by atoms with Crippen molar-refractivity contribution in [3.8, 4) is 0 Å². The maximum Gasteiger partial charge on any atom is 0.472 e. The Labute approximate surface area is 364 Å². The minimum atomic E-state index is -4.43. The number of allylic oxidation sites excluding steroid dienone is 10. The molecule has 0 rings (SSSR count). The van der Waals surface area contributed by atoms with Gasteiger partial charge in [0.1, 0.15) is 19.8 Å². The molecule has 0 radical (unpaired) electrons. The zero-order valence-corrected chi connectivity index (χ0v) is 38.8. The van der Waals surface area contributed by atoms with Gasteiger partial charge in [-0.3, -0.25) is 18.6 Å². The van der Waals surface area contributed by atoms with Gasteiger partial charge in [0.15, 0.2) is 6.10 Å². The Bertz CT molecular complexity index is 1330. The van der Waals surface area contributed by atoms with Crippen LogP contribution in [0.5, 0.6) is 0 Å². The SMILES string of the molecule is CC/C=C\C[C@H](O)/C=C/C=C\C=C\[C@H](O)C/C=C\C/C=C\CCC(=O)O[C@H](COC(=O)CCCCCCC/C=C\CCCCCCCC)COP(=O)(O)OCC[N+](C)(C)C. The number of hydrogen-bond donors (Lipinski definition) is 3. The second kappa shape index (κ2) is 39.0. The second-order valence-corrected chi connectivity index (χ2v) is 17.6.